The molecule has 2 aromatic carbocycles. The summed E-state index contributed by atoms with van der Waals surface area (Å²) in [5.74, 6) is -0.167. The minimum atomic E-state index is -3.66. The smallest absolute Gasteiger partial charge is 0.248 e. The highest BCUT2D eigenvalue weighted by Gasteiger charge is 2.38. The molecule has 0 bridgehead atoms. The van der Waals surface area contributed by atoms with Gasteiger partial charge in [-0.3, -0.25) is 4.79 Å². The summed E-state index contributed by atoms with van der Waals surface area (Å²) in [7, 11) is -3.66. The molecular weight excluding hydrogens is 336 g/mol. The molecule has 3 rings (SSSR count). The SMILES string of the molecule is C[C@@H](C1CC1)N(Cc1ccccc1)S(=O)(=O)c1ccc(C(N)=O)cc1. The molecule has 6 heteroatoms. The van der Waals surface area contributed by atoms with Crippen LogP contribution < -0.4 is 5.73 Å². The highest BCUT2D eigenvalue weighted by atomic mass is 32.2. The molecule has 1 fully saturated rings. The van der Waals surface area contributed by atoms with Crippen molar-refractivity contribution >= 4 is 15.9 Å². The van der Waals surface area contributed by atoms with Gasteiger partial charge in [0, 0.05) is 18.2 Å². The molecule has 0 unspecified atom stereocenters. The van der Waals surface area contributed by atoms with Crippen molar-refractivity contribution < 1.29 is 13.2 Å². The molecule has 0 aromatic heterocycles. The molecule has 1 aliphatic rings. The number of amides is 1. The van der Waals surface area contributed by atoms with Crippen LogP contribution in [0.15, 0.2) is 59.5 Å². The first kappa shape index (κ1) is 17.6. The fourth-order valence-electron chi connectivity index (χ4n) is 2.95. The van der Waals surface area contributed by atoms with E-state index in [1.54, 1.807) is 4.31 Å². The molecule has 0 aliphatic heterocycles. The summed E-state index contributed by atoms with van der Waals surface area (Å²) in [5, 5.41) is 0. The van der Waals surface area contributed by atoms with E-state index >= 15 is 0 Å². The number of carbonyl (C=O) groups excluding carboxylic acids is 1. The van der Waals surface area contributed by atoms with E-state index in [9.17, 15) is 13.2 Å². The lowest BCUT2D eigenvalue weighted by Gasteiger charge is -2.28. The minimum Gasteiger partial charge on any atom is -0.366 e. The Bertz CT molecular complexity index is 844. The summed E-state index contributed by atoms with van der Waals surface area (Å²) in [4.78, 5) is 11.4. The van der Waals surface area contributed by atoms with Gasteiger partial charge in [0.15, 0.2) is 0 Å². The molecular formula is C19H22N2O3S. The maximum atomic E-state index is 13.2. The van der Waals surface area contributed by atoms with Crippen LogP contribution in [0.2, 0.25) is 0 Å². The topological polar surface area (TPSA) is 80.5 Å². The monoisotopic (exact) mass is 358 g/mol. The zero-order valence-corrected chi connectivity index (χ0v) is 14.9. The van der Waals surface area contributed by atoms with Crippen molar-refractivity contribution in [2.75, 3.05) is 0 Å². The van der Waals surface area contributed by atoms with Gasteiger partial charge in [-0.25, -0.2) is 8.42 Å². The van der Waals surface area contributed by atoms with Gasteiger partial charge in [0.25, 0.3) is 0 Å². The Kier molecular flexibility index (Phi) is 4.92. The molecule has 0 saturated heterocycles. The van der Waals surface area contributed by atoms with Crippen LogP contribution in [0, 0.1) is 5.92 Å². The Hall–Kier alpha value is -2.18. The third kappa shape index (κ3) is 3.91. The van der Waals surface area contributed by atoms with Gasteiger partial charge in [-0.1, -0.05) is 30.3 Å². The summed E-state index contributed by atoms with van der Waals surface area (Å²) < 4.78 is 28.0. The maximum Gasteiger partial charge on any atom is 0.248 e. The number of sulfonamides is 1. The van der Waals surface area contributed by atoms with Crippen LogP contribution in [0.1, 0.15) is 35.7 Å². The van der Waals surface area contributed by atoms with Gasteiger partial charge in [-0.05, 0) is 55.5 Å². The second-order valence-electron chi connectivity index (χ2n) is 6.50. The van der Waals surface area contributed by atoms with Crippen LogP contribution >= 0.6 is 0 Å². The van der Waals surface area contributed by atoms with Crippen molar-refractivity contribution in [1.82, 2.24) is 4.31 Å². The van der Waals surface area contributed by atoms with E-state index in [0.29, 0.717) is 18.0 Å². The average Bonchev–Trinajstić information content (AvgIpc) is 3.45. The lowest BCUT2D eigenvalue weighted by atomic mass is 10.2. The maximum absolute atomic E-state index is 13.2. The highest BCUT2D eigenvalue weighted by Crippen LogP contribution is 2.37. The number of primary amides is 1. The quantitative estimate of drug-likeness (QED) is 0.826. The zero-order chi connectivity index (χ0) is 18.0. The first-order valence-electron chi connectivity index (χ1n) is 8.35. The zero-order valence-electron chi connectivity index (χ0n) is 14.1. The van der Waals surface area contributed by atoms with Crippen LogP contribution in [-0.4, -0.2) is 24.7 Å². The number of hydrogen-bond donors (Lipinski definition) is 1. The van der Waals surface area contributed by atoms with E-state index in [4.69, 9.17) is 5.73 Å². The second-order valence-corrected chi connectivity index (χ2v) is 8.39. The second kappa shape index (κ2) is 6.98. The number of nitrogens with zero attached hydrogens (tertiary/aromatic N) is 1. The summed E-state index contributed by atoms with van der Waals surface area (Å²) in [6.45, 7) is 2.30. The molecule has 0 heterocycles. The van der Waals surface area contributed by atoms with Gasteiger partial charge in [0.2, 0.25) is 15.9 Å². The lowest BCUT2D eigenvalue weighted by molar-refractivity contribution is 0.1000. The Morgan fingerprint density at radius 2 is 1.72 bits per heavy atom. The Labute approximate surface area is 148 Å². The third-order valence-electron chi connectivity index (χ3n) is 4.69. The number of hydrogen-bond acceptors (Lipinski definition) is 3. The standard InChI is InChI=1S/C19H22N2O3S/c1-14(16-7-8-16)21(13-15-5-3-2-4-6-15)25(23,24)18-11-9-17(10-12-18)19(20)22/h2-6,9-12,14,16H,7-8,13H2,1H3,(H2,20,22)/t14-/m0/s1. The lowest BCUT2D eigenvalue weighted by Crippen LogP contribution is -2.39. The van der Waals surface area contributed by atoms with Crippen LogP contribution in [-0.2, 0) is 16.6 Å². The fourth-order valence-corrected chi connectivity index (χ4v) is 4.63. The van der Waals surface area contributed by atoms with E-state index in [1.165, 1.54) is 24.3 Å². The fraction of sp³-hybridized carbons (Fsp3) is 0.316. The molecule has 1 aliphatic carbocycles. The van der Waals surface area contributed by atoms with Crippen molar-refractivity contribution in [2.45, 2.75) is 37.2 Å². The molecule has 2 N–H and O–H groups in total. The van der Waals surface area contributed by atoms with Crippen molar-refractivity contribution in [2.24, 2.45) is 11.7 Å². The van der Waals surface area contributed by atoms with Crippen LogP contribution in [0.25, 0.3) is 0 Å². The average molecular weight is 358 g/mol. The number of carbonyl (C=O) groups is 1. The first-order valence-corrected chi connectivity index (χ1v) is 9.79. The molecule has 2 aromatic rings. The summed E-state index contributed by atoms with van der Waals surface area (Å²) in [6.07, 6.45) is 2.12. The normalized spacial score (nSPS) is 15.9. The van der Waals surface area contributed by atoms with Crippen molar-refractivity contribution in [3.05, 3.63) is 65.7 Å². The molecule has 0 spiro atoms. The molecule has 5 nitrogen and oxygen atoms in total. The van der Waals surface area contributed by atoms with Crippen molar-refractivity contribution in [3.8, 4) is 0 Å². The van der Waals surface area contributed by atoms with Crippen LogP contribution in [0.4, 0.5) is 0 Å². The highest BCUT2D eigenvalue weighted by molar-refractivity contribution is 7.89. The van der Waals surface area contributed by atoms with E-state index in [-0.39, 0.29) is 10.9 Å². The van der Waals surface area contributed by atoms with Crippen LogP contribution in [0.5, 0.6) is 0 Å². The summed E-state index contributed by atoms with van der Waals surface area (Å²) >= 11 is 0. The van der Waals surface area contributed by atoms with Gasteiger partial charge < -0.3 is 5.73 Å². The van der Waals surface area contributed by atoms with E-state index in [1.807, 2.05) is 37.3 Å². The Morgan fingerprint density at radius 3 is 2.24 bits per heavy atom. The van der Waals surface area contributed by atoms with Gasteiger partial charge in [-0.15, -0.1) is 0 Å². The number of nitrogens with two attached hydrogens (primary N) is 1. The largest absolute Gasteiger partial charge is 0.366 e. The Morgan fingerprint density at radius 1 is 1.12 bits per heavy atom. The molecule has 132 valence electrons. The van der Waals surface area contributed by atoms with Gasteiger partial charge >= 0.3 is 0 Å². The third-order valence-corrected chi connectivity index (χ3v) is 6.63. The van der Waals surface area contributed by atoms with E-state index in [2.05, 4.69) is 0 Å². The van der Waals surface area contributed by atoms with Gasteiger partial charge in [0.05, 0.1) is 4.90 Å². The molecule has 0 radical (unpaired) electrons. The van der Waals surface area contributed by atoms with Crippen molar-refractivity contribution in [3.63, 3.8) is 0 Å². The minimum absolute atomic E-state index is 0.0685. The van der Waals surface area contributed by atoms with Gasteiger partial charge in [-0.2, -0.15) is 4.31 Å². The number of benzene rings is 2. The van der Waals surface area contributed by atoms with E-state index in [0.717, 1.165) is 18.4 Å². The summed E-state index contributed by atoms with van der Waals surface area (Å²) in [6, 6.07) is 15.3. The Balaban J connectivity index is 1.94. The predicted octanol–water partition coefficient (Wildman–Crippen LogP) is 2.77. The van der Waals surface area contributed by atoms with E-state index < -0.39 is 15.9 Å². The number of rotatable bonds is 7. The predicted molar refractivity (Wildman–Crippen MR) is 96.3 cm³/mol. The molecule has 1 atom stereocenters. The molecule has 1 amide bonds. The summed E-state index contributed by atoms with van der Waals surface area (Å²) in [5.41, 5.74) is 6.48. The van der Waals surface area contributed by atoms with Gasteiger partial charge in [0.1, 0.15) is 0 Å². The van der Waals surface area contributed by atoms with Crippen molar-refractivity contribution in [1.29, 1.82) is 0 Å². The molecule has 1 saturated carbocycles. The van der Waals surface area contributed by atoms with Crippen LogP contribution in [0.3, 0.4) is 0 Å². The first-order chi connectivity index (χ1) is 11.9. The molecule has 25 heavy (non-hydrogen) atoms.